The molecule has 0 radical (unpaired) electrons. The van der Waals surface area contributed by atoms with Crippen LogP contribution in [0.15, 0.2) is 23.3 Å². The second kappa shape index (κ2) is 5.34. The first-order valence-corrected chi connectivity index (χ1v) is 6.83. The largest absolute Gasteiger partial charge is 0.486 e. The number of carbonyl (C=O) groups excluding carboxylic acids is 1. The number of anilines is 1. The fraction of sp³-hybridized carbons (Fsp3) is 0.357. The monoisotopic (exact) mass is 294 g/mol. The minimum absolute atomic E-state index is 0.139. The molecular formula is C14H15ClN2O3. The minimum atomic E-state index is -0.139. The van der Waals surface area contributed by atoms with E-state index in [4.69, 9.17) is 21.1 Å². The van der Waals surface area contributed by atoms with Crippen LogP contribution < -0.4 is 20.1 Å². The van der Waals surface area contributed by atoms with Crippen LogP contribution in [0.25, 0.3) is 0 Å². The molecular weight excluding hydrogens is 280 g/mol. The number of halogens is 1. The molecule has 6 heteroatoms. The fourth-order valence-corrected chi connectivity index (χ4v) is 2.25. The number of carbonyl (C=O) groups is 1. The normalized spacial score (nSPS) is 16.4. The van der Waals surface area contributed by atoms with Crippen molar-refractivity contribution >= 4 is 23.2 Å². The summed E-state index contributed by atoms with van der Waals surface area (Å²) in [4.78, 5) is 12.1. The van der Waals surface area contributed by atoms with E-state index in [-0.39, 0.29) is 5.91 Å². The highest BCUT2D eigenvalue weighted by Gasteiger charge is 2.19. The molecule has 2 heterocycles. The Hall–Kier alpha value is -1.72. The molecule has 0 atom stereocenters. The number of amides is 1. The standard InChI is InChI=1S/C14H15ClN2O3/c1-8(9-6-16-7-9)14(18)17-11-5-13-12(4-10(11)15)19-2-3-20-13/h4-5,16H,2-3,6-7H2,1H3,(H,17,18). The molecule has 2 aliphatic heterocycles. The van der Waals surface area contributed by atoms with Crippen LogP contribution in [0.1, 0.15) is 6.92 Å². The lowest BCUT2D eigenvalue weighted by molar-refractivity contribution is -0.112. The van der Waals surface area contributed by atoms with E-state index in [1.165, 1.54) is 0 Å². The number of nitrogens with one attached hydrogen (secondary N) is 2. The van der Waals surface area contributed by atoms with Crippen LogP contribution in [-0.4, -0.2) is 32.2 Å². The Balaban J connectivity index is 1.82. The van der Waals surface area contributed by atoms with Gasteiger partial charge in [0.15, 0.2) is 11.5 Å². The zero-order valence-electron chi connectivity index (χ0n) is 11.1. The molecule has 1 saturated heterocycles. The lowest BCUT2D eigenvalue weighted by Crippen LogP contribution is -2.36. The van der Waals surface area contributed by atoms with Gasteiger partial charge >= 0.3 is 0 Å². The maximum absolute atomic E-state index is 12.1. The van der Waals surface area contributed by atoms with Gasteiger partial charge in [-0.2, -0.15) is 0 Å². The molecule has 0 aromatic heterocycles. The number of benzene rings is 1. The molecule has 3 rings (SSSR count). The molecule has 0 unspecified atom stereocenters. The van der Waals surface area contributed by atoms with Gasteiger partial charge < -0.3 is 20.1 Å². The van der Waals surface area contributed by atoms with Crippen LogP contribution in [0.2, 0.25) is 5.02 Å². The number of fused-ring (bicyclic) bond motifs is 1. The van der Waals surface area contributed by atoms with Crippen molar-refractivity contribution in [3.8, 4) is 11.5 Å². The van der Waals surface area contributed by atoms with Crippen molar-refractivity contribution in [3.63, 3.8) is 0 Å². The quantitative estimate of drug-likeness (QED) is 0.819. The van der Waals surface area contributed by atoms with Gasteiger partial charge in [-0.3, -0.25) is 4.79 Å². The maximum Gasteiger partial charge on any atom is 0.251 e. The van der Waals surface area contributed by atoms with Gasteiger partial charge in [0.2, 0.25) is 0 Å². The molecule has 1 amide bonds. The predicted molar refractivity (Wildman–Crippen MR) is 76.6 cm³/mol. The lowest BCUT2D eigenvalue weighted by Gasteiger charge is -2.22. The van der Waals surface area contributed by atoms with Crippen LogP contribution in [-0.2, 0) is 4.79 Å². The zero-order chi connectivity index (χ0) is 14.1. The number of hydrogen-bond donors (Lipinski definition) is 2. The number of ether oxygens (including phenoxy) is 2. The average Bonchev–Trinajstić information content (AvgIpc) is 2.37. The Kier molecular flexibility index (Phi) is 3.54. The maximum atomic E-state index is 12.1. The minimum Gasteiger partial charge on any atom is -0.486 e. The first kappa shape index (κ1) is 13.3. The summed E-state index contributed by atoms with van der Waals surface area (Å²) >= 11 is 6.16. The molecule has 0 aliphatic carbocycles. The summed E-state index contributed by atoms with van der Waals surface area (Å²) in [5, 5.41) is 6.37. The molecule has 0 bridgehead atoms. The summed E-state index contributed by atoms with van der Waals surface area (Å²) in [7, 11) is 0. The SMILES string of the molecule is CC(C(=O)Nc1cc2c(cc1Cl)OCCO2)=C1CNC1. The van der Waals surface area contributed by atoms with E-state index in [0.29, 0.717) is 35.4 Å². The number of hydrogen-bond acceptors (Lipinski definition) is 4. The molecule has 2 N–H and O–H groups in total. The fourth-order valence-electron chi connectivity index (χ4n) is 2.05. The van der Waals surface area contributed by atoms with Crippen molar-refractivity contribution < 1.29 is 14.3 Å². The third-order valence-electron chi connectivity index (χ3n) is 3.43. The summed E-state index contributed by atoms with van der Waals surface area (Å²) in [6, 6.07) is 3.37. The zero-order valence-corrected chi connectivity index (χ0v) is 11.8. The van der Waals surface area contributed by atoms with Crippen molar-refractivity contribution in [1.29, 1.82) is 0 Å². The highest BCUT2D eigenvalue weighted by molar-refractivity contribution is 6.34. The Morgan fingerprint density at radius 1 is 1.25 bits per heavy atom. The second-order valence-corrected chi connectivity index (χ2v) is 5.17. The Bertz CT molecular complexity index is 592. The molecule has 106 valence electrons. The Morgan fingerprint density at radius 3 is 2.50 bits per heavy atom. The first-order valence-electron chi connectivity index (χ1n) is 6.45. The second-order valence-electron chi connectivity index (χ2n) is 4.76. The Morgan fingerprint density at radius 2 is 1.90 bits per heavy atom. The molecule has 0 saturated carbocycles. The highest BCUT2D eigenvalue weighted by Crippen LogP contribution is 2.38. The van der Waals surface area contributed by atoms with Crippen molar-refractivity contribution in [3.05, 3.63) is 28.3 Å². The summed E-state index contributed by atoms with van der Waals surface area (Å²) in [6.07, 6.45) is 0. The van der Waals surface area contributed by atoms with Gasteiger partial charge in [-0.05, 0) is 12.5 Å². The van der Waals surface area contributed by atoms with E-state index in [9.17, 15) is 4.79 Å². The van der Waals surface area contributed by atoms with Gasteiger partial charge in [0.1, 0.15) is 13.2 Å². The average molecular weight is 295 g/mol. The molecule has 5 nitrogen and oxygen atoms in total. The van der Waals surface area contributed by atoms with Crippen LogP contribution in [0.3, 0.4) is 0 Å². The summed E-state index contributed by atoms with van der Waals surface area (Å²) in [5.41, 5.74) is 2.39. The van der Waals surface area contributed by atoms with Gasteiger partial charge in [0.05, 0.1) is 10.7 Å². The van der Waals surface area contributed by atoms with Crippen LogP contribution >= 0.6 is 11.6 Å². The van der Waals surface area contributed by atoms with Gasteiger partial charge in [-0.25, -0.2) is 0 Å². The third kappa shape index (κ3) is 2.46. The summed E-state index contributed by atoms with van der Waals surface area (Å²) < 4.78 is 10.9. The summed E-state index contributed by atoms with van der Waals surface area (Å²) in [6.45, 7) is 4.36. The molecule has 0 spiro atoms. The number of rotatable bonds is 2. The third-order valence-corrected chi connectivity index (χ3v) is 3.74. The van der Waals surface area contributed by atoms with Crippen molar-refractivity contribution in [2.24, 2.45) is 0 Å². The van der Waals surface area contributed by atoms with E-state index >= 15 is 0 Å². The highest BCUT2D eigenvalue weighted by atomic mass is 35.5. The van der Waals surface area contributed by atoms with Crippen LogP contribution in [0.5, 0.6) is 11.5 Å². The van der Waals surface area contributed by atoms with Gasteiger partial charge in [-0.15, -0.1) is 0 Å². The van der Waals surface area contributed by atoms with Gasteiger partial charge in [0, 0.05) is 30.8 Å². The van der Waals surface area contributed by atoms with E-state index < -0.39 is 0 Å². The lowest BCUT2D eigenvalue weighted by atomic mass is 10.0. The molecule has 2 aliphatic rings. The van der Waals surface area contributed by atoms with Crippen LogP contribution in [0.4, 0.5) is 5.69 Å². The smallest absolute Gasteiger partial charge is 0.251 e. The van der Waals surface area contributed by atoms with E-state index in [1.54, 1.807) is 12.1 Å². The first-order chi connectivity index (χ1) is 9.65. The molecule has 1 aromatic carbocycles. The molecule has 1 aromatic rings. The van der Waals surface area contributed by atoms with E-state index in [2.05, 4.69) is 10.6 Å². The van der Waals surface area contributed by atoms with E-state index in [1.807, 2.05) is 6.92 Å². The predicted octanol–water partition coefficient (Wildman–Crippen LogP) is 1.97. The van der Waals surface area contributed by atoms with Crippen molar-refractivity contribution in [2.75, 3.05) is 31.6 Å². The van der Waals surface area contributed by atoms with E-state index in [0.717, 1.165) is 24.2 Å². The topological polar surface area (TPSA) is 59.6 Å². The van der Waals surface area contributed by atoms with Crippen molar-refractivity contribution in [1.82, 2.24) is 5.32 Å². The summed E-state index contributed by atoms with van der Waals surface area (Å²) in [5.74, 6) is 1.07. The Labute approximate surface area is 121 Å². The molecule has 20 heavy (non-hydrogen) atoms. The molecule has 1 fully saturated rings. The van der Waals surface area contributed by atoms with Gasteiger partial charge in [0.25, 0.3) is 5.91 Å². The van der Waals surface area contributed by atoms with Gasteiger partial charge in [-0.1, -0.05) is 11.6 Å². The van der Waals surface area contributed by atoms with Crippen LogP contribution in [0, 0.1) is 0 Å². The van der Waals surface area contributed by atoms with Crippen molar-refractivity contribution in [2.45, 2.75) is 6.92 Å².